The first-order valence-corrected chi connectivity index (χ1v) is 5.22. The van der Waals surface area contributed by atoms with E-state index in [-0.39, 0.29) is 5.82 Å². The Labute approximate surface area is 94.3 Å². The second-order valence-electron chi connectivity index (χ2n) is 3.03. The number of thiol groups is 1. The van der Waals surface area contributed by atoms with E-state index in [0.29, 0.717) is 17.0 Å². The van der Waals surface area contributed by atoms with Gasteiger partial charge >= 0.3 is 0 Å². The molecule has 0 aliphatic rings. The van der Waals surface area contributed by atoms with Crippen LogP contribution in [0.4, 0.5) is 10.1 Å². The van der Waals surface area contributed by atoms with Gasteiger partial charge in [0.1, 0.15) is 11.6 Å². The lowest BCUT2D eigenvalue weighted by atomic mass is 10.1. The molecule has 0 heterocycles. The molecule has 2 N–H and O–H groups in total. The third-order valence-electron chi connectivity index (χ3n) is 1.94. The minimum absolute atomic E-state index is 0.307. The summed E-state index contributed by atoms with van der Waals surface area (Å²) in [6, 6.07) is 2.85. The summed E-state index contributed by atoms with van der Waals surface area (Å²) < 4.78 is 18.4. The molecule has 0 amide bonds. The highest BCUT2D eigenvalue weighted by atomic mass is 32.1. The van der Waals surface area contributed by atoms with Crippen molar-refractivity contribution in [2.24, 2.45) is 0 Å². The number of methoxy groups -OCH3 is 1. The summed E-state index contributed by atoms with van der Waals surface area (Å²) in [4.78, 5) is 0. The zero-order valence-corrected chi connectivity index (χ0v) is 9.43. The first kappa shape index (κ1) is 11.9. The Bertz CT molecular complexity index is 366. The molecule has 4 heteroatoms. The zero-order chi connectivity index (χ0) is 11.3. The number of anilines is 1. The van der Waals surface area contributed by atoms with E-state index in [9.17, 15) is 4.39 Å². The average molecular weight is 227 g/mol. The summed E-state index contributed by atoms with van der Waals surface area (Å²) >= 11 is 4.06. The van der Waals surface area contributed by atoms with Crippen molar-refractivity contribution < 1.29 is 9.13 Å². The van der Waals surface area contributed by atoms with Gasteiger partial charge in [0.15, 0.2) is 0 Å². The molecule has 0 radical (unpaired) electrons. The van der Waals surface area contributed by atoms with Crippen LogP contribution in [0.2, 0.25) is 0 Å². The molecule has 15 heavy (non-hydrogen) atoms. The fraction of sp³-hybridized carbons (Fsp3) is 0.273. The van der Waals surface area contributed by atoms with Crippen LogP contribution in [0.5, 0.6) is 5.75 Å². The number of nitrogens with two attached hydrogens (primary N) is 1. The van der Waals surface area contributed by atoms with Gasteiger partial charge in [-0.2, -0.15) is 12.6 Å². The molecule has 0 bridgehead atoms. The van der Waals surface area contributed by atoms with E-state index < -0.39 is 0 Å². The van der Waals surface area contributed by atoms with E-state index in [4.69, 9.17) is 10.5 Å². The molecule has 0 saturated heterocycles. The van der Waals surface area contributed by atoms with Crippen molar-refractivity contribution in [3.05, 3.63) is 29.6 Å². The fourth-order valence-corrected chi connectivity index (χ4v) is 1.32. The Morgan fingerprint density at radius 2 is 2.27 bits per heavy atom. The van der Waals surface area contributed by atoms with Crippen LogP contribution in [-0.4, -0.2) is 12.9 Å². The van der Waals surface area contributed by atoms with Gasteiger partial charge in [-0.05, 0) is 18.2 Å². The maximum atomic E-state index is 13.4. The van der Waals surface area contributed by atoms with E-state index in [1.807, 2.05) is 6.08 Å². The van der Waals surface area contributed by atoms with E-state index in [0.717, 1.165) is 12.2 Å². The minimum Gasteiger partial charge on any atom is -0.495 e. The molecule has 1 rings (SSSR count). The molecule has 0 atom stereocenters. The van der Waals surface area contributed by atoms with Crippen molar-refractivity contribution in [1.82, 2.24) is 0 Å². The van der Waals surface area contributed by atoms with Crippen LogP contribution in [0, 0.1) is 5.82 Å². The molecular weight excluding hydrogens is 213 g/mol. The highest BCUT2D eigenvalue weighted by molar-refractivity contribution is 7.80. The zero-order valence-electron chi connectivity index (χ0n) is 8.53. The summed E-state index contributed by atoms with van der Waals surface area (Å²) in [5.41, 5.74) is 6.34. The predicted molar refractivity (Wildman–Crippen MR) is 64.9 cm³/mol. The largest absolute Gasteiger partial charge is 0.495 e. The van der Waals surface area contributed by atoms with Gasteiger partial charge < -0.3 is 10.5 Å². The second-order valence-corrected chi connectivity index (χ2v) is 3.48. The van der Waals surface area contributed by atoms with Crippen LogP contribution in [0.3, 0.4) is 0 Å². The Morgan fingerprint density at radius 3 is 2.87 bits per heavy atom. The lowest BCUT2D eigenvalue weighted by Crippen LogP contribution is -1.95. The maximum absolute atomic E-state index is 13.4. The Hall–Kier alpha value is -1.16. The third-order valence-corrected chi connectivity index (χ3v) is 2.20. The number of hydrogen-bond donors (Lipinski definition) is 2. The topological polar surface area (TPSA) is 35.2 Å². The van der Waals surface area contributed by atoms with Crippen molar-refractivity contribution in [3.8, 4) is 5.75 Å². The van der Waals surface area contributed by atoms with Gasteiger partial charge in [-0.15, -0.1) is 0 Å². The van der Waals surface area contributed by atoms with Crippen LogP contribution < -0.4 is 10.5 Å². The molecule has 0 spiro atoms. The molecule has 1 aromatic rings. The number of hydrogen-bond acceptors (Lipinski definition) is 3. The number of benzene rings is 1. The van der Waals surface area contributed by atoms with Crippen LogP contribution in [0.25, 0.3) is 6.08 Å². The van der Waals surface area contributed by atoms with Gasteiger partial charge in [0, 0.05) is 11.6 Å². The van der Waals surface area contributed by atoms with Gasteiger partial charge in [-0.1, -0.05) is 12.2 Å². The van der Waals surface area contributed by atoms with Gasteiger partial charge in [0.25, 0.3) is 0 Å². The maximum Gasteiger partial charge on any atom is 0.142 e. The molecule has 0 fully saturated rings. The molecule has 0 aliphatic heterocycles. The standard InChI is InChI=1S/C11H14FNOS/c1-14-11-6-8(4-2-3-5-15)9(12)7-10(11)13/h2,4,6-7,15H,3,5,13H2,1H3. The predicted octanol–water partition coefficient (Wildman–Crippen LogP) is 2.75. The Balaban J connectivity index is 2.97. The normalized spacial score (nSPS) is 10.9. The smallest absolute Gasteiger partial charge is 0.142 e. The number of rotatable bonds is 4. The molecule has 0 aliphatic carbocycles. The molecule has 0 saturated carbocycles. The summed E-state index contributed by atoms with van der Waals surface area (Å²) in [7, 11) is 1.50. The first-order valence-electron chi connectivity index (χ1n) is 4.59. The Kier molecular flexibility index (Phi) is 4.49. The lowest BCUT2D eigenvalue weighted by Gasteiger charge is -2.06. The van der Waals surface area contributed by atoms with Crippen LogP contribution in [-0.2, 0) is 0 Å². The quantitative estimate of drug-likeness (QED) is 0.613. The van der Waals surface area contributed by atoms with Crippen molar-refractivity contribution in [3.63, 3.8) is 0 Å². The highest BCUT2D eigenvalue weighted by Crippen LogP contribution is 2.25. The lowest BCUT2D eigenvalue weighted by molar-refractivity contribution is 0.416. The van der Waals surface area contributed by atoms with E-state index in [1.165, 1.54) is 13.2 Å². The van der Waals surface area contributed by atoms with E-state index >= 15 is 0 Å². The summed E-state index contributed by atoms with van der Waals surface area (Å²) in [5, 5.41) is 0. The highest BCUT2D eigenvalue weighted by Gasteiger charge is 2.05. The van der Waals surface area contributed by atoms with Gasteiger partial charge in [-0.3, -0.25) is 0 Å². The van der Waals surface area contributed by atoms with E-state index in [1.54, 1.807) is 12.1 Å². The summed E-state index contributed by atoms with van der Waals surface area (Å²) in [6.45, 7) is 0. The molecule has 1 aromatic carbocycles. The van der Waals surface area contributed by atoms with Crippen molar-refractivity contribution >= 4 is 24.4 Å². The SMILES string of the molecule is COc1cc(C=CCCS)c(F)cc1N. The number of allylic oxidation sites excluding steroid dienone is 1. The van der Waals surface area contributed by atoms with Crippen LogP contribution >= 0.6 is 12.6 Å². The van der Waals surface area contributed by atoms with Crippen LogP contribution in [0.1, 0.15) is 12.0 Å². The first-order chi connectivity index (χ1) is 7.19. The number of nitrogen functional groups attached to an aromatic ring is 1. The number of halogens is 1. The average Bonchev–Trinajstić information content (AvgIpc) is 2.21. The fourth-order valence-electron chi connectivity index (χ4n) is 1.17. The van der Waals surface area contributed by atoms with Crippen molar-refractivity contribution in [1.29, 1.82) is 0 Å². The van der Waals surface area contributed by atoms with E-state index in [2.05, 4.69) is 12.6 Å². The summed E-state index contributed by atoms with van der Waals surface area (Å²) in [5.74, 6) is 0.884. The molecule has 82 valence electrons. The molecule has 0 unspecified atom stereocenters. The molecule has 0 aromatic heterocycles. The van der Waals surface area contributed by atoms with Crippen molar-refractivity contribution in [2.45, 2.75) is 6.42 Å². The monoisotopic (exact) mass is 227 g/mol. The molecular formula is C11H14FNOS. The minimum atomic E-state index is -0.344. The van der Waals surface area contributed by atoms with Crippen molar-refractivity contribution in [2.75, 3.05) is 18.6 Å². The molecule has 2 nitrogen and oxygen atoms in total. The Morgan fingerprint density at radius 1 is 1.53 bits per heavy atom. The second kappa shape index (κ2) is 5.66. The number of ether oxygens (including phenoxy) is 1. The van der Waals surface area contributed by atoms with Gasteiger partial charge in [0.05, 0.1) is 12.8 Å². The third kappa shape index (κ3) is 3.16. The van der Waals surface area contributed by atoms with Gasteiger partial charge in [-0.25, -0.2) is 4.39 Å². The summed E-state index contributed by atoms with van der Waals surface area (Å²) in [6.07, 6.45) is 4.36. The van der Waals surface area contributed by atoms with Gasteiger partial charge in [0.2, 0.25) is 0 Å². The van der Waals surface area contributed by atoms with Crippen LogP contribution in [0.15, 0.2) is 18.2 Å².